The standard InChI is InChI=1S/CH2.Bi.W.Y/h1H2;;;. The van der Waals surface area contributed by atoms with Crippen LogP contribution in [-0.2, 0) is 53.8 Å². The predicted octanol–water partition coefficient (Wildman–Crippen LogP) is -0.418. The van der Waals surface area contributed by atoms with Crippen LogP contribution in [0.4, 0.5) is 0 Å². The van der Waals surface area contributed by atoms with Gasteiger partial charge in [0.05, 0.1) is 0 Å². The summed E-state index contributed by atoms with van der Waals surface area (Å²) in [5, 5.41) is 0. The monoisotopic (exact) mass is 496 g/mol. The van der Waals surface area contributed by atoms with E-state index in [0.29, 0.717) is 0 Å². The zero-order valence-corrected chi connectivity index (χ0v) is 11.4. The van der Waals surface area contributed by atoms with Crippen LogP contribution >= 0.6 is 0 Å². The Morgan fingerprint density at radius 3 is 1.25 bits per heavy atom. The van der Waals surface area contributed by atoms with Crippen LogP contribution in [0.5, 0.6) is 0 Å². The van der Waals surface area contributed by atoms with Crippen molar-refractivity contribution in [1.82, 2.24) is 0 Å². The van der Waals surface area contributed by atoms with Gasteiger partial charge in [-0.15, -0.1) is 0 Å². The summed E-state index contributed by atoms with van der Waals surface area (Å²) < 4.78 is 3.36. The van der Waals surface area contributed by atoms with Gasteiger partial charge in [-0.1, -0.05) is 0 Å². The molecule has 0 aliphatic heterocycles. The molecule has 0 unspecified atom stereocenters. The summed E-state index contributed by atoms with van der Waals surface area (Å²) in [5.41, 5.74) is 0. The van der Waals surface area contributed by atoms with Gasteiger partial charge in [0.15, 0.2) is 0 Å². The van der Waals surface area contributed by atoms with Crippen molar-refractivity contribution >= 4 is 28.4 Å². The first-order valence-electron chi connectivity index (χ1n) is 0.316. The Balaban J connectivity index is -0.00000000500. The van der Waals surface area contributed by atoms with Crippen molar-refractivity contribution in [3.63, 3.8) is 0 Å². The van der Waals surface area contributed by atoms with Gasteiger partial charge in [0.1, 0.15) is 0 Å². The van der Waals surface area contributed by atoms with Gasteiger partial charge in [0.25, 0.3) is 0 Å². The summed E-state index contributed by atoms with van der Waals surface area (Å²) in [6.07, 6.45) is 0. The summed E-state index contributed by atoms with van der Waals surface area (Å²) in [5.74, 6) is 0. The van der Waals surface area contributed by atoms with Gasteiger partial charge in [0.2, 0.25) is 0 Å². The van der Waals surface area contributed by atoms with E-state index in [1.807, 2.05) is 0 Å². The Morgan fingerprint density at radius 1 is 1.25 bits per heavy atom. The van der Waals surface area contributed by atoms with Crippen molar-refractivity contribution in [3.8, 4) is 0 Å². The van der Waals surface area contributed by atoms with Crippen molar-refractivity contribution in [2.75, 3.05) is 0 Å². The van der Waals surface area contributed by atoms with Gasteiger partial charge in [0, 0.05) is 53.8 Å². The minimum absolute atomic E-state index is 0. The fourth-order valence-corrected chi connectivity index (χ4v) is 0. The second-order valence-corrected chi connectivity index (χ2v) is 0. The molecule has 0 nitrogen and oxygen atoms in total. The van der Waals surface area contributed by atoms with E-state index in [1.54, 1.807) is 0 Å². The summed E-state index contributed by atoms with van der Waals surface area (Å²) >= 11 is 1.19. The van der Waals surface area contributed by atoms with Crippen molar-refractivity contribution in [2.24, 2.45) is 0 Å². The summed E-state index contributed by atoms with van der Waals surface area (Å²) in [7, 11) is 0. The molecule has 0 aromatic heterocycles. The van der Waals surface area contributed by atoms with Gasteiger partial charge in [-0.05, 0) is 0 Å². The maximum Gasteiger partial charge on any atom is 0 e. The zero-order valence-electron chi connectivity index (χ0n) is 2.14. The van der Waals surface area contributed by atoms with Gasteiger partial charge in [-0.25, -0.2) is 0 Å². The van der Waals surface area contributed by atoms with Crippen molar-refractivity contribution in [2.45, 2.75) is 0 Å². The molecule has 0 aromatic rings. The molecule has 2 radical (unpaired) electrons. The third kappa shape index (κ3) is 8.82. The molecule has 0 aromatic carbocycles. The van der Waals surface area contributed by atoms with Gasteiger partial charge in [-0.2, -0.15) is 0 Å². The number of hydrogen-bond acceptors (Lipinski definition) is 0. The van der Waals surface area contributed by atoms with E-state index < -0.39 is 0 Å². The third-order valence-corrected chi connectivity index (χ3v) is 0. The molecule has 0 fully saturated rings. The zero-order chi connectivity index (χ0) is 2.00. The Labute approximate surface area is 80.6 Å². The fraction of sp³-hybridized carbons (Fsp3) is 0. The first kappa shape index (κ1) is 16.0. The minimum atomic E-state index is 0. The third-order valence-electron chi connectivity index (χ3n) is 0. The quantitative estimate of drug-likeness (QED) is 0.401. The van der Waals surface area contributed by atoms with Crippen LogP contribution in [0.15, 0.2) is 0 Å². The van der Waals surface area contributed by atoms with E-state index in [-0.39, 0.29) is 53.8 Å². The maximum atomic E-state index is 3.36. The van der Waals surface area contributed by atoms with E-state index in [4.69, 9.17) is 0 Å². The van der Waals surface area contributed by atoms with E-state index in [9.17, 15) is 0 Å². The van der Waals surface area contributed by atoms with E-state index in [2.05, 4.69) is 4.21 Å². The Morgan fingerprint density at radius 2 is 1.25 bits per heavy atom. The van der Waals surface area contributed by atoms with Crippen molar-refractivity contribution in [3.05, 3.63) is 0 Å². The SMILES string of the molecule is [CH2]=[Bi].[W].[Y]. The molecule has 0 spiro atoms. The molecule has 0 heterocycles. The van der Waals surface area contributed by atoms with E-state index in [0.717, 1.165) is 0 Å². The predicted molar refractivity (Wildman–Crippen MR) is 12.9 cm³/mol. The summed E-state index contributed by atoms with van der Waals surface area (Å²) in [4.78, 5) is 0. The number of rotatable bonds is 0. The van der Waals surface area contributed by atoms with Gasteiger partial charge < -0.3 is 0 Å². The molecule has 0 saturated heterocycles. The molecule has 0 bridgehead atoms. The molecule has 0 aliphatic rings. The molecular weight excluding hydrogens is 494 g/mol. The minimum Gasteiger partial charge on any atom is 0 e. The van der Waals surface area contributed by atoms with E-state index in [1.165, 1.54) is 24.2 Å². The van der Waals surface area contributed by atoms with Crippen LogP contribution < -0.4 is 0 Å². The topological polar surface area (TPSA) is 0 Å². The molecule has 0 N–H and O–H groups in total. The maximum absolute atomic E-state index is 3.36. The smallest absolute Gasteiger partial charge is 0 e. The summed E-state index contributed by atoms with van der Waals surface area (Å²) in [6.45, 7) is 0. The van der Waals surface area contributed by atoms with Gasteiger partial charge in [-0.3, -0.25) is 0 Å². The van der Waals surface area contributed by atoms with Crippen LogP contribution in [0.1, 0.15) is 0 Å². The largest absolute Gasteiger partial charge is 0 e. The van der Waals surface area contributed by atoms with Crippen LogP contribution in [-0.4, -0.2) is 28.4 Å². The van der Waals surface area contributed by atoms with Gasteiger partial charge >= 0.3 is 28.4 Å². The van der Waals surface area contributed by atoms with E-state index >= 15 is 0 Å². The molecule has 3 heteroatoms. The van der Waals surface area contributed by atoms with Crippen LogP contribution in [0.25, 0.3) is 0 Å². The molecule has 0 amide bonds. The number of hydrogen-bond donors (Lipinski definition) is 0. The molecule has 0 atom stereocenters. The van der Waals surface area contributed by atoms with Crippen molar-refractivity contribution < 1.29 is 53.8 Å². The normalized spacial score (nSPS) is 1.00. The Bertz CT molecular complexity index is 8.00. The first-order chi connectivity index (χ1) is 1.00. The van der Waals surface area contributed by atoms with Crippen LogP contribution in [0.3, 0.4) is 0 Å². The second-order valence-electron chi connectivity index (χ2n) is 0. The van der Waals surface area contributed by atoms with Crippen molar-refractivity contribution in [1.29, 1.82) is 0 Å². The molecule has 0 rings (SSSR count). The molecule has 0 saturated carbocycles. The molecule has 0 aliphatic carbocycles. The molecular formula is CH2BiWY. The average molecular weight is 496 g/mol. The summed E-state index contributed by atoms with van der Waals surface area (Å²) in [6, 6.07) is 0. The Kier molecular flexibility index (Phi) is 70.8. The fourth-order valence-electron chi connectivity index (χ4n) is 0. The van der Waals surface area contributed by atoms with Crippen LogP contribution in [0.2, 0.25) is 0 Å². The molecule has 20 valence electrons. The second kappa shape index (κ2) is 17.7. The molecule has 4 heavy (non-hydrogen) atoms. The first-order valence-corrected chi connectivity index (χ1v) is 2.77. The average Bonchev–Trinajstić information content (AvgIpc) is 1.00. The van der Waals surface area contributed by atoms with Crippen LogP contribution in [0, 0.1) is 0 Å². The Hall–Kier alpha value is 2.55.